The van der Waals surface area contributed by atoms with Crippen LogP contribution < -0.4 is 5.73 Å². The predicted molar refractivity (Wildman–Crippen MR) is 72.2 cm³/mol. The number of halogens is 4. The molecular weight excluding hydrogens is 343 g/mol. The summed E-state index contributed by atoms with van der Waals surface area (Å²) in [6.07, 6.45) is -2.78. The van der Waals surface area contributed by atoms with Crippen LogP contribution in [0.15, 0.2) is 35.1 Å². The van der Waals surface area contributed by atoms with Gasteiger partial charge in [-0.3, -0.25) is 0 Å². The summed E-state index contributed by atoms with van der Waals surface area (Å²) in [5.74, 6) is 0. The number of rotatable bonds is 2. The van der Waals surface area contributed by atoms with Crippen LogP contribution in [0.1, 0.15) is 11.1 Å². The minimum Gasteiger partial charge on any atom is -0.389 e. The van der Waals surface area contributed by atoms with Gasteiger partial charge in [0.15, 0.2) is 0 Å². The smallest absolute Gasteiger partial charge is 0.389 e. The van der Waals surface area contributed by atoms with E-state index in [0.29, 0.717) is 11.3 Å². The lowest BCUT2D eigenvalue weighted by molar-refractivity contribution is -0.137. The molecule has 0 amide bonds. The Balaban J connectivity index is 2.53. The van der Waals surface area contributed by atoms with Gasteiger partial charge in [0.05, 0.1) is 17.4 Å². The molecule has 100 valence electrons. The maximum Gasteiger partial charge on any atom is 0.419 e. The van der Waals surface area contributed by atoms with E-state index in [9.17, 15) is 13.2 Å². The van der Waals surface area contributed by atoms with Crippen molar-refractivity contribution in [1.29, 1.82) is 0 Å². The van der Waals surface area contributed by atoms with Crippen LogP contribution in [0.5, 0.6) is 0 Å². The summed E-state index contributed by atoms with van der Waals surface area (Å²) in [6.45, 7) is 0. The van der Waals surface area contributed by atoms with Crippen molar-refractivity contribution >= 4 is 33.1 Å². The van der Waals surface area contributed by atoms with E-state index in [2.05, 4.69) is 21.0 Å². The molecule has 2 rings (SSSR count). The van der Waals surface area contributed by atoms with Crippen LogP contribution in [0.4, 0.5) is 13.2 Å². The highest BCUT2D eigenvalue weighted by atomic mass is 79.9. The van der Waals surface area contributed by atoms with Crippen molar-refractivity contribution in [2.45, 2.75) is 6.18 Å². The van der Waals surface area contributed by atoms with E-state index in [-0.39, 0.29) is 4.99 Å². The molecule has 0 unspecified atom stereocenters. The lowest BCUT2D eigenvalue weighted by Crippen LogP contribution is -2.13. The molecule has 8 heteroatoms. The summed E-state index contributed by atoms with van der Waals surface area (Å²) in [6, 6.07) is 4.89. The molecule has 0 aliphatic rings. The topological polar surface area (TPSA) is 43.8 Å². The third-order valence-electron chi connectivity index (χ3n) is 2.38. The summed E-state index contributed by atoms with van der Waals surface area (Å²) in [4.78, 5) is 0.0837. The molecule has 0 saturated carbocycles. The van der Waals surface area contributed by atoms with Gasteiger partial charge in [0.25, 0.3) is 0 Å². The Morgan fingerprint density at radius 3 is 2.58 bits per heavy atom. The van der Waals surface area contributed by atoms with Crippen molar-refractivity contribution in [3.05, 3.63) is 46.2 Å². The van der Waals surface area contributed by atoms with Crippen molar-refractivity contribution in [3.8, 4) is 5.69 Å². The number of nitrogens with two attached hydrogens (primary N) is 1. The molecule has 0 bridgehead atoms. The molecule has 0 atom stereocenters. The lowest BCUT2D eigenvalue weighted by atomic mass is 10.2. The molecule has 3 nitrogen and oxygen atoms in total. The van der Waals surface area contributed by atoms with Crippen LogP contribution in [0.25, 0.3) is 5.69 Å². The van der Waals surface area contributed by atoms with E-state index in [1.54, 1.807) is 18.2 Å². The highest BCUT2D eigenvalue weighted by Crippen LogP contribution is 2.29. The molecule has 1 heterocycles. The van der Waals surface area contributed by atoms with E-state index in [1.165, 1.54) is 0 Å². The fraction of sp³-hybridized carbons (Fsp3) is 0.0909. The highest BCUT2D eigenvalue weighted by Gasteiger charge is 2.32. The van der Waals surface area contributed by atoms with Gasteiger partial charge in [0.1, 0.15) is 4.99 Å². The van der Waals surface area contributed by atoms with Gasteiger partial charge in [-0.1, -0.05) is 28.1 Å². The fourth-order valence-electron chi connectivity index (χ4n) is 1.51. The van der Waals surface area contributed by atoms with Crippen molar-refractivity contribution in [2.24, 2.45) is 5.73 Å². The second-order valence-corrected chi connectivity index (χ2v) is 5.05. The molecule has 0 aliphatic carbocycles. The van der Waals surface area contributed by atoms with Gasteiger partial charge >= 0.3 is 6.18 Å². The van der Waals surface area contributed by atoms with Gasteiger partial charge in [-0.2, -0.15) is 18.3 Å². The molecule has 0 fully saturated rings. The molecule has 0 saturated heterocycles. The quantitative estimate of drug-likeness (QED) is 0.846. The maximum atomic E-state index is 12.5. The first kappa shape index (κ1) is 14.0. The zero-order chi connectivity index (χ0) is 14.2. The van der Waals surface area contributed by atoms with Crippen molar-refractivity contribution in [1.82, 2.24) is 9.78 Å². The standard InChI is InChI=1S/C11H7BrF3N3S/c12-7-1-2-9(8(3-7)10(16)19)18-5-6(4-17-18)11(13,14)15/h1-5H,(H2,16,19). The molecule has 0 spiro atoms. The molecule has 0 radical (unpaired) electrons. The number of aromatic nitrogens is 2. The fourth-order valence-corrected chi connectivity index (χ4v) is 2.03. The Kier molecular flexibility index (Phi) is 3.64. The third kappa shape index (κ3) is 2.95. The Hall–Kier alpha value is -1.41. The van der Waals surface area contributed by atoms with Crippen LogP contribution in [-0.4, -0.2) is 14.8 Å². The molecule has 0 aliphatic heterocycles. The highest BCUT2D eigenvalue weighted by molar-refractivity contribution is 9.10. The molecule has 1 aromatic heterocycles. The van der Waals surface area contributed by atoms with Crippen LogP contribution >= 0.6 is 28.1 Å². The second-order valence-electron chi connectivity index (χ2n) is 3.70. The van der Waals surface area contributed by atoms with E-state index in [0.717, 1.165) is 21.5 Å². The van der Waals surface area contributed by atoms with Gasteiger partial charge in [0, 0.05) is 16.2 Å². The summed E-state index contributed by atoms with van der Waals surface area (Å²) >= 11 is 8.13. The van der Waals surface area contributed by atoms with Crippen LogP contribution in [0, 0.1) is 0 Å². The Bertz CT molecular complexity index is 636. The van der Waals surface area contributed by atoms with Crippen molar-refractivity contribution < 1.29 is 13.2 Å². The third-order valence-corrected chi connectivity index (χ3v) is 3.09. The van der Waals surface area contributed by atoms with Crippen LogP contribution in [0.3, 0.4) is 0 Å². The summed E-state index contributed by atoms with van der Waals surface area (Å²) in [5, 5.41) is 3.69. The van der Waals surface area contributed by atoms with E-state index in [4.69, 9.17) is 18.0 Å². The lowest BCUT2D eigenvalue weighted by Gasteiger charge is -2.09. The van der Waals surface area contributed by atoms with E-state index < -0.39 is 11.7 Å². The number of benzene rings is 1. The van der Waals surface area contributed by atoms with Gasteiger partial charge < -0.3 is 5.73 Å². The van der Waals surface area contributed by atoms with E-state index in [1.807, 2.05) is 0 Å². The van der Waals surface area contributed by atoms with Gasteiger partial charge in [-0.25, -0.2) is 4.68 Å². The Labute approximate surface area is 120 Å². The van der Waals surface area contributed by atoms with Crippen LogP contribution in [0.2, 0.25) is 0 Å². The average molecular weight is 350 g/mol. The first-order valence-electron chi connectivity index (χ1n) is 5.00. The first-order valence-corrected chi connectivity index (χ1v) is 6.21. The first-order chi connectivity index (χ1) is 8.79. The minimum atomic E-state index is -4.43. The van der Waals surface area contributed by atoms with Gasteiger partial charge in [-0.05, 0) is 18.2 Å². The Morgan fingerprint density at radius 1 is 1.37 bits per heavy atom. The van der Waals surface area contributed by atoms with Gasteiger partial charge in [0.2, 0.25) is 0 Å². The predicted octanol–water partition coefficient (Wildman–Crippen LogP) is 3.29. The number of nitrogens with zero attached hydrogens (tertiary/aromatic N) is 2. The monoisotopic (exact) mass is 349 g/mol. The van der Waals surface area contributed by atoms with E-state index >= 15 is 0 Å². The number of hydrogen-bond donors (Lipinski definition) is 1. The minimum absolute atomic E-state index is 0.0837. The van der Waals surface area contributed by atoms with Gasteiger partial charge in [-0.15, -0.1) is 0 Å². The van der Waals surface area contributed by atoms with Crippen molar-refractivity contribution in [3.63, 3.8) is 0 Å². The zero-order valence-electron chi connectivity index (χ0n) is 9.28. The number of hydrogen-bond acceptors (Lipinski definition) is 2. The summed E-state index contributed by atoms with van der Waals surface area (Å²) in [7, 11) is 0. The largest absolute Gasteiger partial charge is 0.419 e. The number of thiocarbonyl (C=S) groups is 1. The second kappa shape index (κ2) is 4.93. The average Bonchev–Trinajstić information content (AvgIpc) is 2.77. The SMILES string of the molecule is NC(=S)c1cc(Br)ccc1-n1cc(C(F)(F)F)cn1. The summed E-state index contributed by atoms with van der Waals surface area (Å²) in [5.41, 5.74) is 5.57. The van der Waals surface area contributed by atoms with Crippen LogP contribution in [-0.2, 0) is 6.18 Å². The van der Waals surface area contributed by atoms with Crippen molar-refractivity contribution in [2.75, 3.05) is 0 Å². The molecule has 2 aromatic rings. The molecular formula is C11H7BrF3N3S. The molecule has 1 aromatic carbocycles. The zero-order valence-corrected chi connectivity index (χ0v) is 11.7. The summed E-state index contributed by atoms with van der Waals surface area (Å²) < 4.78 is 39.4. The molecule has 2 N–H and O–H groups in total. The number of alkyl halides is 3. The normalized spacial score (nSPS) is 11.6. The molecule has 19 heavy (non-hydrogen) atoms. The Morgan fingerprint density at radius 2 is 2.05 bits per heavy atom. The maximum absolute atomic E-state index is 12.5.